The quantitative estimate of drug-likeness (QED) is 0.426. The highest BCUT2D eigenvalue weighted by molar-refractivity contribution is 7.88. The molecular formula is C26H29FN4O4S. The Morgan fingerprint density at radius 3 is 2.14 bits per heavy atom. The van der Waals surface area contributed by atoms with E-state index in [0.29, 0.717) is 5.56 Å². The fraction of sp³-hybridized carbons (Fsp3) is 0.269. The summed E-state index contributed by atoms with van der Waals surface area (Å²) >= 11 is 0. The lowest BCUT2D eigenvalue weighted by atomic mass is 10.1. The van der Waals surface area contributed by atoms with E-state index >= 15 is 0 Å². The normalized spacial score (nSPS) is 12.2. The lowest BCUT2D eigenvalue weighted by Crippen LogP contribution is -2.50. The van der Waals surface area contributed by atoms with Crippen LogP contribution < -0.4 is 5.32 Å². The Bertz CT molecular complexity index is 1260. The number of carbonyl (C=O) groups excluding carboxylic acids is 2. The summed E-state index contributed by atoms with van der Waals surface area (Å²) < 4.78 is 39.5. The molecule has 0 saturated heterocycles. The third-order valence-electron chi connectivity index (χ3n) is 5.63. The van der Waals surface area contributed by atoms with E-state index < -0.39 is 40.2 Å². The largest absolute Gasteiger partial charge is 0.350 e. The van der Waals surface area contributed by atoms with Crippen molar-refractivity contribution in [1.82, 2.24) is 19.5 Å². The van der Waals surface area contributed by atoms with Gasteiger partial charge in [0.15, 0.2) is 0 Å². The maximum absolute atomic E-state index is 13.4. The minimum atomic E-state index is -3.73. The minimum Gasteiger partial charge on any atom is -0.350 e. The zero-order chi connectivity index (χ0) is 26.1. The number of halogens is 1. The maximum Gasteiger partial charge on any atom is 0.242 e. The van der Waals surface area contributed by atoms with Crippen LogP contribution in [0.25, 0.3) is 0 Å². The van der Waals surface area contributed by atoms with Crippen molar-refractivity contribution in [1.29, 1.82) is 0 Å². The van der Waals surface area contributed by atoms with Gasteiger partial charge in [0.25, 0.3) is 0 Å². The Balaban J connectivity index is 1.80. The van der Waals surface area contributed by atoms with E-state index in [2.05, 4.69) is 10.3 Å². The number of benzene rings is 2. The average molecular weight is 513 g/mol. The number of hydrogen-bond donors (Lipinski definition) is 1. The molecule has 0 fully saturated rings. The second-order valence-electron chi connectivity index (χ2n) is 8.41. The number of sulfonamides is 1. The van der Waals surface area contributed by atoms with E-state index in [9.17, 15) is 22.4 Å². The molecule has 3 rings (SSSR count). The molecule has 36 heavy (non-hydrogen) atoms. The van der Waals surface area contributed by atoms with Gasteiger partial charge in [-0.2, -0.15) is 4.31 Å². The predicted octanol–water partition coefficient (Wildman–Crippen LogP) is 2.72. The number of aromatic nitrogens is 1. The first-order chi connectivity index (χ1) is 17.1. The van der Waals surface area contributed by atoms with E-state index in [-0.39, 0.29) is 19.6 Å². The first kappa shape index (κ1) is 27.0. The first-order valence-corrected chi connectivity index (χ1v) is 13.2. The van der Waals surface area contributed by atoms with Gasteiger partial charge in [0.05, 0.1) is 12.8 Å². The molecule has 1 aromatic heterocycles. The van der Waals surface area contributed by atoms with Crippen molar-refractivity contribution in [2.75, 3.05) is 12.8 Å². The highest BCUT2D eigenvalue weighted by Gasteiger charge is 2.29. The van der Waals surface area contributed by atoms with Gasteiger partial charge in [-0.05, 0) is 47.9 Å². The first-order valence-electron chi connectivity index (χ1n) is 11.3. The highest BCUT2D eigenvalue weighted by Crippen LogP contribution is 2.14. The van der Waals surface area contributed by atoms with Gasteiger partial charge in [0, 0.05) is 32.0 Å². The van der Waals surface area contributed by atoms with E-state index in [1.165, 1.54) is 29.2 Å². The molecule has 1 atom stereocenters. The van der Waals surface area contributed by atoms with Crippen LogP contribution in [0, 0.1) is 5.82 Å². The maximum atomic E-state index is 13.4. The van der Waals surface area contributed by atoms with Crippen LogP contribution in [-0.4, -0.2) is 53.3 Å². The molecule has 3 aromatic rings. The number of nitrogens with zero attached hydrogens (tertiary/aromatic N) is 3. The Morgan fingerprint density at radius 1 is 0.917 bits per heavy atom. The van der Waals surface area contributed by atoms with Crippen molar-refractivity contribution < 1.29 is 22.4 Å². The molecule has 2 amide bonds. The fourth-order valence-corrected chi connectivity index (χ4v) is 4.25. The average Bonchev–Trinajstić information content (AvgIpc) is 2.86. The number of carbonyl (C=O) groups is 2. The van der Waals surface area contributed by atoms with Crippen molar-refractivity contribution >= 4 is 21.8 Å². The van der Waals surface area contributed by atoms with E-state index in [4.69, 9.17) is 0 Å². The molecule has 0 unspecified atom stereocenters. The Labute approximate surface area is 210 Å². The summed E-state index contributed by atoms with van der Waals surface area (Å²) in [6.07, 6.45) is 4.27. The summed E-state index contributed by atoms with van der Waals surface area (Å²) in [7, 11) is -3.73. The molecular weight excluding hydrogens is 483 g/mol. The molecule has 0 aliphatic carbocycles. The molecule has 0 aliphatic heterocycles. The molecule has 2 aromatic carbocycles. The van der Waals surface area contributed by atoms with Crippen LogP contribution in [0.4, 0.5) is 4.39 Å². The summed E-state index contributed by atoms with van der Waals surface area (Å²) in [5.41, 5.74) is 2.17. The standard InChI is InChI=1S/C26H29FN4O4S/c1-20(26(33)29-16-21-12-14-28-15-13-21)31(18-23-8-10-24(27)11-9-23)25(32)19-30(36(2,34)35)17-22-6-4-3-5-7-22/h3-15,20H,16-19H2,1-2H3,(H,29,33)/t20-/m1/s1. The smallest absolute Gasteiger partial charge is 0.242 e. The van der Waals surface area contributed by atoms with Crippen LogP contribution in [0.15, 0.2) is 79.1 Å². The van der Waals surface area contributed by atoms with Crippen molar-refractivity contribution in [3.05, 3.63) is 102 Å². The van der Waals surface area contributed by atoms with Crippen molar-refractivity contribution in [2.45, 2.75) is 32.6 Å². The SMILES string of the molecule is C[C@H](C(=O)NCc1ccncc1)N(Cc1ccc(F)cc1)C(=O)CN(Cc1ccccc1)S(C)(=O)=O. The second-order valence-corrected chi connectivity index (χ2v) is 10.4. The van der Waals surface area contributed by atoms with Crippen LogP contribution in [0.5, 0.6) is 0 Å². The number of hydrogen-bond acceptors (Lipinski definition) is 5. The van der Waals surface area contributed by atoms with Gasteiger partial charge in [0.2, 0.25) is 21.8 Å². The topological polar surface area (TPSA) is 99.7 Å². The third-order valence-corrected chi connectivity index (χ3v) is 6.83. The second kappa shape index (κ2) is 12.4. The Hall–Kier alpha value is -3.63. The summed E-state index contributed by atoms with van der Waals surface area (Å²) in [5, 5.41) is 2.80. The van der Waals surface area contributed by atoms with Gasteiger partial charge in [0.1, 0.15) is 11.9 Å². The Morgan fingerprint density at radius 2 is 1.53 bits per heavy atom. The molecule has 1 heterocycles. The van der Waals surface area contributed by atoms with E-state index in [0.717, 1.165) is 21.7 Å². The van der Waals surface area contributed by atoms with Gasteiger partial charge >= 0.3 is 0 Å². The van der Waals surface area contributed by atoms with Gasteiger partial charge < -0.3 is 10.2 Å². The molecule has 10 heteroatoms. The van der Waals surface area contributed by atoms with Gasteiger partial charge in [-0.25, -0.2) is 12.8 Å². The number of amides is 2. The van der Waals surface area contributed by atoms with Gasteiger partial charge in [-0.15, -0.1) is 0 Å². The number of pyridine rings is 1. The van der Waals surface area contributed by atoms with E-state index in [1.54, 1.807) is 55.7 Å². The summed E-state index contributed by atoms with van der Waals surface area (Å²) in [5.74, 6) is -1.38. The molecule has 0 spiro atoms. The lowest BCUT2D eigenvalue weighted by molar-refractivity contribution is -0.140. The molecule has 0 radical (unpaired) electrons. The monoisotopic (exact) mass is 512 g/mol. The molecule has 0 bridgehead atoms. The summed E-state index contributed by atoms with van der Waals surface area (Å²) in [4.78, 5) is 31.7. The molecule has 8 nitrogen and oxygen atoms in total. The molecule has 0 saturated carbocycles. The minimum absolute atomic E-state index is 0.00585. The number of rotatable bonds is 11. The van der Waals surface area contributed by atoms with Crippen LogP contribution in [0.3, 0.4) is 0 Å². The van der Waals surface area contributed by atoms with Crippen LogP contribution in [0.2, 0.25) is 0 Å². The molecule has 190 valence electrons. The zero-order valence-electron chi connectivity index (χ0n) is 20.2. The molecule has 0 aliphatic rings. The fourth-order valence-electron chi connectivity index (χ4n) is 3.53. The zero-order valence-corrected chi connectivity index (χ0v) is 21.0. The van der Waals surface area contributed by atoms with Crippen LogP contribution in [-0.2, 0) is 39.2 Å². The van der Waals surface area contributed by atoms with E-state index in [1.807, 2.05) is 6.07 Å². The van der Waals surface area contributed by atoms with Crippen molar-refractivity contribution in [3.63, 3.8) is 0 Å². The van der Waals surface area contributed by atoms with Crippen molar-refractivity contribution in [2.24, 2.45) is 0 Å². The van der Waals surface area contributed by atoms with Crippen molar-refractivity contribution in [3.8, 4) is 0 Å². The predicted molar refractivity (Wildman–Crippen MR) is 134 cm³/mol. The van der Waals surface area contributed by atoms with Gasteiger partial charge in [-0.3, -0.25) is 14.6 Å². The van der Waals surface area contributed by atoms with Crippen LogP contribution >= 0.6 is 0 Å². The Kier molecular flexibility index (Phi) is 9.26. The number of nitrogens with one attached hydrogen (secondary N) is 1. The third kappa shape index (κ3) is 7.96. The van der Waals surface area contributed by atoms with Gasteiger partial charge in [-0.1, -0.05) is 42.5 Å². The molecule has 1 N–H and O–H groups in total. The summed E-state index contributed by atoms with van der Waals surface area (Å²) in [6.45, 7) is 1.39. The lowest BCUT2D eigenvalue weighted by Gasteiger charge is -2.31. The van der Waals surface area contributed by atoms with Crippen LogP contribution in [0.1, 0.15) is 23.6 Å². The summed E-state index contributed by atoms with van der Waals surface area (Å²) in [6, 6.07) is 17.1. The highest BCUT2D eigenvalue weighted by atomic mass is 32.2.